The van der Waals surface area contributed by atoms with Crippen LogP contribution in [0.5, 0.6) is 0 Å². The summed E-state index contributed by atoms with van der Waals surface area (Å²) < 4.78 is 5.20. The van der Waals surface area contributed by atoms with Gasteiger partial charge in [-0.1, -0.05) is 13.5 Å². The molecule has 0 aliphatic rings. The van der Waals surface area contributed by atoms with E-state index in [4.69, 9.17) is 11.2 Å². The maximum absolute atomic E-state index is 5.20. The van der Waals surface area contributed by atoms with Crippen molar-refractivity contribution in [1.29, 1.82) is 0 Å². The average Bonchev–Trinajstić information content (AvgIpc) is 1.97. The van der Waals surface area contributed by atoms with Crippen molar-refractivity contribution < 1.29 is 4.74 Å². The van der Waals surface area contributed by atoms with Crippen molar-refractivity contribution in [2.75, 3.05) is 6.61 Å². The number of ether oxygens (including phenoxy) is 1. The highest BCUT2D eigenvalue weighted by atomic mass is 16.5. The molecule has 0 aliphatic carbocycles. The molecule has 0 aliphatic heterocycles. The molecule has 0 unspecified atom stereocenters. The molecular formula is C9H14O. The van der Waals surface area contributed by atoms with E-state index in [1.54, 1.807) is 0 Å². The zero-order valence-electron chi connectivity index (χ0n) is 6.52. The van der Waals surface area contributed by atoms with Gasteiger partial charge in [-0.05, 0) is 6.42 Å². The lowest BCUT2D eigenvalue weighted by Gasteiger charge is -2.04. The topological polar surface area (TPSA) is 9.23 Å². The molecule has 0 amide bonds. The summed E-state index contributed by atoms with van der Waals surface area (Å²) in [5.74, 6) is 3.34. The van der Waals surface area contributed by atoms with E-state index in [2.05, 4.69) is 19.4 Å². The molecule has 0 saturated carbocycles. The lowest BCUT2D eigenvalue weighted by molar-refractivity contribution is 0.205. The van der Waals surface area contributed by atoms with Crippen LogP contribution >= 0.6 is 0 Å². The van der Waals surface area contributed by atoms with Crippen LogP contribution in [-0.2, 0) is 4.74 Å². The average molecular weight is 138 g/mol. The Kier molecular flexibility index (Phi) is 5.66. The van der Waals surface area contributed by atoms with Gasteiger partial charge in [0.1, 0.15) is 0 Å². The van der Waals surface area contributed by atoms with Crippen molar-refractivity contribution in [3.63, 3.8) is 0 Å². The summed E-state index contributed by atoms with van der Waals surface area (Å²) in [4.78, 5) is 0. The zero-order chi connectivity index (χ0) is 7.82. The van der Waals surface area contributed by atoms with E-state index in [9.17, 15) is 0 Å². The predicted octanol–water partition coefficient (Wildman–Crippen LogP) is 2.34. The third kappa shape index (κ3) is 5.24. The first-order valence-corrected chi connectivity index (χ1v) is 3.55. The van der Waals surface area contributed by atoms with Gasteiger partial charge in [0.15, 0.2) is 0 Å². The van der Waals surface area contributed by atoms with Gasteiger partial charge < -0.3 is 4.74 Å². The number of hydrogen-bond donors (Lipinski definition) is 0. The highest BCUT2D eigenvalue weighted by molar-refractivity contribution is 4.91. The number of terminal acetylenes is 1. The Morgan fingerprint density at radius 1 is 1.70 bits per heavy atom. The van der Waals surface area contributed by atoms with Gasteiger partial charge in [-0.2, -0.15) is 0 Å². The van der Waals surface area contributed by atoms with Crippen LogP contribution in [0.4, 0.5) is 0 Å². The number of allylic oxidation sites excluding steroid dienone is 1. The van der Waals surface area contributed by atoms with Gasteiger partial charge in [0.2, 0.25) is 0 Å². The van der Waals surface area contributed by atoms with E-state index in [0.717, 1.165) is 31.6 Å². The van der Waals surface area contributed by atoms with E-state index in [1.165, 1.54) is 0 Å². The maximum atomic E-state index is 5.20. The fourth-order valence-corrected chi connectivity index (χ4v) is 0.530. The second-order valence-corrected chi connectivity index (χ2v) is 2.09. The molecule has 0 aromatic carbocycles. The smallest absolute Gasteiger partial charge is 0.0897 e. The van der Waals surface area contributed by atoms with E-state index >= 15 is 0 Å². The molecule has 0 N–H and O–H groups in total. The summed E-state index contributed by atoms with van der Waals surface area (Å²) >= 11 is 0. The molecular weight excluding hydrogens is 124 g/mol. The van der Waals surface area contributed by atoms with Crippen LogP contribution in [0.25, 0.3) is 0 Å². The molecule has 0 fully saturated rings. The Hall–Kier alpha value is -0.900. The lowest BCUT2D eigenvalue weighted by atomic mass is 10.3. The van der Waals surface area contributed by atoms with Gasteiger partial charge in [0.25, 0.3) is 0 Å². The van der Waals surface area contributed by atoms with Crippen LogP contribution in [0.2, 0.25) is 0 Å². The third-order valence-electron chi connectivity index (χ3n) is 1.06. The van der Waals surface area contributed by atoms with E-state index < -0.39 is 0 Å². The Balaban J connectivity index is 3.19. The third-order valence-corrected chi connectivity index (χ3v) is 1.06. The minimum absolute atomic E-state index is 0.725. The second kappa shape index (κ2) is 6.22. The Bertz CT molecular complexity index is 130. The van der Waals surface area contributed by atoms with Crippen molar-refractivity contribution in [3.8, 4) is 12.3 Å². The van der Waals surface area contributed by atoms with Crippen LogP contribution < -0.4 is 0 Å². The van der Waals surface area contributed by atoms with Crippen LogP contribution in [0.3, 0.4) is 0 Å². The molecule has 0 atom stereocenters. The second-order valence-electron chi connectivity index (χ2n) is 2.09. The van der Waals surface area contributed by atoms with Gasteiger partial charge in [-0.15, -0.1) is 12.3 Å². The quantitative estimate of drug-likeness (QED) is 0.418. The molecule has 1 heteroatoms. The molecule has 0 aromatic heterocycles. The Morgan fingerprint density at radius 2 is 2.40 bits per heavy atom. The standard InChI is InChI=1S/C9H14O/c1-4-6-7-9(3)10-8-5-2/h1H,3,5-8H2,2H3. The zero-order valence-corrected chi connectivity index (χ0v) is 6.52. The summed E-state index contributed by atoms with van der Waals surface area (Å²) in [5, 5.41) is 0. The first kappa shape index (κ1) is 9.10. The van der Waals surface area contributed by atoms with E-state index in [0.29, 0.717) is 0 Å². The summed E-state index contributed by atoms with van der Waals surface area (Å²) in [6, 6.07) is 0. The van der Waals surface area contributed by atoms with Crippen LogP contribution in [-0.4, -0.2) is 6.61 Å². The molecule has 56 valence electrons. The molecule has 0 aromatic rings. The molecule has 1 nitrogen and oxygen atoms in total. The molecule has 0 rings (SSSR count). The highest BCUT2D eigenvalue weighted by Gasteiger charge is 1.90. The SMILES string of the molecule is C#CCCC(=C)OCCC. The van der Waals surface area contributed by atoms with Gasteiger partial charge in [-0.25, -0.2) is 0 Å². The lowest BCUT2D eigenvalue weighted by Crippen LogP contribution is -1.91. The normalized spacial score (nSPS) is 8.40. The van der Waals surface area contributed by atoms with Gasteiger partial charge in [-0.3, -0.25) is 0 Å². The minimum atomic E-state index is 0.725. The van der Waals surface area contributed by atoms with Crippen molar-refractivity contribution in [3.05, 3.63) is 12.3 Å². The molecule has 0 saturated heterocycles. The molecule has 0 bridgehead atoms. The summed E-state index contributed by atoms with van der Waals surface area (Å²) in [7, 11) is 0. The molecule has 0 radical (unpaired) electrons. The first-order chi connectivity index (χ1) is 4.81. The van der Waals surface area contributed by atoms with Crippen molar-refractivity contribution in [1.82, 2.24) is 0 Å². The van der Waals surface area contributed by atoms with Crippen LogP contribution in [0.15, 0.2) is 12.3 Å². The van der Waals surface area contributed by atoms with Gasteiger partial charge in [0, 0.05) is 12.8 Å². The van der Waals surface area contributed by atoms with Crippen molar-refractivity contribution >= 4 is 0 Å². The Morgan fingerprint density at radius 3 is 2.90 bits per heavy atom. The van der Waals surface area contributed by atoms with Gasteiger partial charge >= 0.3 is 0 Å². The van der Waals surface area contributed by atoms with E-state index in [1.807, 2.05) is 0 Å². The summed E-state index contributed by atoms with van der Waals surface area (Å²) in [6.07, 6.45) is 7.59. The highest BCUT2D eigenvalue weighted by Crippen LogP contribution is 2.02. The number of rotatable bonds is 5. The minimum Gasteiger partial charge on any atom is -0.499 e. The Labute approximate surface area is 63.1 Å². The number of hydrogen-bond acceptors (Lipinski definition) is 1. The summed E-state index contributed by atoms with van der Waals surface area (Å²) in [5.41, 5.74) is 0. The maximum Gasteiger partial charge on any atom is 0.0897 e. The fourth-order valence-electron chi connectivity index (χ4n) is 0.530. The van der Waals surface area contributed by atoms with Crippen LogP contribution in [0, 0.1) is 12.3 Å². The first-order valence-electron chi connectivity index (χ1n) is 3.55. The van der Waals surface area contributed by atoms with Crippen molar-refractivity contribution in [2.24, 2.45) is 0 Å². The summed E-state index contributed by atoms with van der Waals surface area (Å²) in [6.45, 7) is 6.53. The van der Waals surface area contributed by atoms with Crippen molar-refractivity contribution in [2.45, 2.75) is 26.2 Å². The predicted molar refractivity (Wildman–Crippen MR) is 43.5 cm³/mol. The van der Waals surface area contributed by atoms with Gasteiger partial charge in [0.05, 0.1) is 12.4 Å². The van der Waals surface area contributed by atoms with Crippen LogP contribution in [0.1, 0.15) is 26.2 Å². The molecule has 10 heavy (non-hydrogen) atoms. The molecule has 0 spiro atoms. The fraction of sp³-hybridized carbons (Fsp3) is 0.556. The molecule has 0 heterocycles. The van der Waals surface area contributed by atoms with E-state index in [-0.39, 0.29) is 0 Å². The monoisotopic (exact) mass is 138 g/mol. The largest absolute Gasteiger partial charge is 0.499 e.